The van der Waals surface area contributed by atoms with Crippen molar-refractivity contribution in [3.63, 3.8) is 0 Å². The van der Waals surface area contributed by atoms with Crippen LogP contribution >= 0.6 is 0 Å². The molecule has 0 radical (unpaired) electrons. The summed E-state index contributed by atoms with van der Waals surface area (Å²) >= 11 is 0. The minimum atomic E-state index is -0.531. The number of para-hydroxylation sites is 2. The van der Waals surface area contributed by atoms with Crippen LogP contribution in [0.1, 0.15) is 13.7 Å². The zero-order valence-electron chi connectivity index (χ0n) is 34.9. The van der Waals surface area contributed by atoms with Crippen LogP contribution in [0, 0.1) is 0 Å². The van der Waals surface area contributed by atoms with E-state index in [1.54, 1.807) is 10.6 Å². The Bertz CT molecular complexity index is 3350. The molecule has 3 heterocycles. The van der Waals surface area contributed by atoms with Crippen LogP contribution in [0.15, 0.2) is 162 Å². The quantitative estimate of drug-likeness (QED) is 0.195. The van der Waals surface area contributed by atoms with Crippen LogP contribution in [-0.4, -0.2) is 19.5 Å². The molecule has 0 spiro atoms. The molecular formula is C43H26N4O. The standard InChI is InChI=1S/C43H26N4O/c1-3-13-27(14-4-1)41-44-42(28-15-5-2-6-16-28)46-43(45-41)35-25-26-37(30-18-8-7-17-29(30)35)47-36-21-11-9-19-31(36)33-23-24-34-32-20-10-12-22-38(32)48-40(34)39(33)47/h1-26H/i9D,10D,11D,12D,19D,20D,21D,22D,23D,24D. The van der Waals surface area contributed by atoms with E-state index in [4.69, 9.17) is 30.3 Å². The molecule has 0 bridgehead atoms. The van der Waals surface area contributed by atoms with Crippen LogP contribution in [0.5, 0.6) is 0 Å². The fourth-order valence-electron chi connectivity index (χ4n) is 6.41. The van der Waals surface area contributed by atoms with Gasteiger partial charge in [0.25, 0.3) is 0 Å². The Hall–Kier alpha value is -6.59. The molecule has 0 aliphatic heterocycles. The Morgan fingerprint density at radius 1 is 0.479 bits per heavy atom. The zero-order valence-corrected chi connectivity index (χ0v) is 24.9. The van der Waals surface area contributed by atoms with Gasteiger partial charge in [-0.25, -0.2) is 15.0 Å². The van der Waals surface area contributed by atoms with Crippen molar-refractivity contribution >= 4 is 54.5 Å². The van der Waals surface area contributed by atoms with Crippen LogP contribution in [0.3, 0.4) is 0 Å². The lowest BCUT2D eigenvalue weighted by Crippen LogP contribution is -2.01. The predicted octanol–water partition coefficient (Wildman–Crippen LogP) is 11.0. The van der Waals surface area contributed by atoms with Gasteiger partial charge in [-0.05, 0) is 35.6 Å². The molecule has 0 N–H and O–H groups in total. The Morgan fingerprint density at radius 2 is 1.08 bits per heavy atom. The normalized spacial score (nSPS) is 14.7. The molecule has 3 aromatic heterocycles. The Morgan fingerprint density at radius 3 is 1.83 bits per heavy atom. The maximum Gasteiger partial charge on any atom is 0.164 e. The highest BCUT2D eigenvalue weighted by molar-refractivity contribution is 6.22. The van der Waals surface area contributed by atoms with Gasteiger partial charge in [-0.3, -0.25) is 0 Å². The molecule has 0 fully saturated rings. The van der Waals surface area contributed by atoms with E-state index in [0.717, 1.165) is 11.1 Å². The molecule has 0 unspecified atom stereocenters. The predicted molar refractivity (Wildman–Crippen MR) is 195 cm³/mol. The number of aromatic nitrogens is 4. The summed E-state index contributed by atoms with van der Waals surface area (Å²) in [5.74, 6) is 1.31. The molecule has 0 aliphatic rings. The van der Waals surface area contributed by atoms with Gasteiger partial charge < -0.3 is 8.98 Å². The number of nitrogens with zero attached hydrogens (tertiary/aromatic N) is 4. The monoisotopic (exact) mass is 624 g/mol. The van der Waals surface area contributed by atoms with Crippen LogP contribution < -0.4 is 0 Å². The van der Waals surface area contributed by atoms with Crippen molar-refractivity contribution < 1.29 is 18.1 Å². The van der Waals surface area contributed by atoms with Gasteiger partial charge in [0, 0.05) is 43.6 Å². The van der Waals surface area contributed by atoms with Crippen LogP contribution in [0.2, 0.25) is 0 Å². The van der Waals surface area contributed by atoms with Crippen molar-refractivity contribution in [2.24, 2.45) is 0 Å². The fraction of sp³-hybridized carbons (Fsp3) is 0. The molecule has 0 saturated carbocycles. The second-order valence-corrected chi connectivity index (χ2v) is 11.3. The van der Waals surface area contributed by atoms with E-state index in [1.165, 1.54) is 0 Å². The Kier molecular flexibility index (Phi) is 4.04. The summed E-state index contributed by atoms with van der Waals surface area (Å²) < 4.78 is 96.2. The molecule has 0 aliphatic carbocycles. The summed E-state index contributed by atoms with van der Waals surface area (Å²) in [7, 11) is 0. The summed E-state index contributed by atoms with van der Waals surface area (Å²) in [6.07, 6.45) is 0. The van der Waals surface area contributed by atoms with Gasteiger partial charge in [-0.15, -0.1) is 0 Å². The first-order chi connectivity index (χ1) is 28.0. The highest BCUT2D eigenvalue weighted by Gasteiger charge is 2.21. The van der Waals surface area contributed by atoms with Crippen molar-refractivity contribution in [2.45, 2.75) is 0 Å². The summed E-state index contributed by atoms with van der Waals surface area (Å²) in [6, 6.07) is 25.6. The van der Waals surface area contributed by atoms with Crippen molar-refractivity contribution in [3.05, 3.63) is 157 Å². The van der Waals surface area contributed by atoms with Gasteiger partial charge in [-0.1, -0.05) is 127 Å². The highest BCUT2D eigenvalue weighted by atomic mass is 16.3. The summed E-state index contributed by atoms with van der Waals surface area (Å²) in [6.45, 7) is 0. The molecule has 224 valence electrons. The molecule has 7 aromatic carbocycles. The van der Waals surface area contributed by atoms with E-state index in [0.29, 0.717) is 39.5 Å². The number of benzene rings is 7. The van der Waals surface area contributed by atoms with Crippen molar-refractivity contribution in [2.75, 3.05) is 0 Å². The second-order valence-electron chi connectivity index (χ2n) is 11.3. The van der Waals surface area contributed by atoms with Gasteiger partial charge in [0.2, 0.25) is 0 Å². The molecule has 0 atom stereocenters. The Balaban J connectivity index is 1.36. The highest BCUT2D eigenvalue weighted by Crippen LogP contribution is 2.42. The minimum absolute atomic E-state index is 0.00737. The first-order valence-electron chi connectivity index (χ1n) is 20.2. The third-order valence-electron chi connectivity index (χ3n) is 8.55. The number of rotatable bonds is 4. The number of fused-ring (bicyclic) bond motifs is 8. The van der Waals surface area contributed by atoms with E-state index in [-0.39, 0.29) is 49.8 Å². The molecule has 10 rings (SSSR count). The third-order valence-corrected chi connectivity index (χ3v) is 8.55. The van der Waals surface area contributed by atoms with E-state index in [2.05, 4.69) is 0 Å². The fourth-order valence-corrected chi connectivity index (χ4v) is 6.41. The summed E-state index contributed by atoms with van der Waals surface area (Å²) in [5, 5.41) is 1.20. The van der Waals surface area contributed by atoms with Crippen molar-refractivity contribution in [1.82, 2.24) is 19.5 Å². The van der Waals surface area contributed by atoms with Crippen molar-refractivity contribution in [3.8, 4) is 39.9 Å². The van der Waals surface area contributed by atoms with E-state index >= 15 is 0 Å². The van der Waals surface area contributed by atoms with Crippen molar-refractivity contribution in [1.29, 1.82) is 0 Å². The number of hydrogen-bond acceptors (Lipinski definition) is 4. The topological polar surface area (TPSA) is 56.7 Å². The molecule has 5 heteroatoms. The SMILES string of the molecule is [2H]c1c([2H])c([2H])c2c(oc3c2c([2H])c([2H])c2c4c([2H])c([2H])c([2H])c([2H])c4n(-c4ccc(-c5nc(-c6ccccc6)nc(-c6ccccc6)n5)c5ccccc45)c32)c1[2H]. The largest absolute Gasteiger partial charge is 0.454 e. The Labute approximate surface area is 289 Å². The van der Waals surface area contributed by atoms with Crippen LogP contribution in [-0.2, 0) is 0 Å². The number of furan rings is 1. The van der Waals surface area contributed by atoms with Crippen LogP contribution in [0.25, 0.3) is 94.4 Å². The minimum Gasteiger partial charge on any atom is -0.454 e. The van der Waals surface area contributed by atoms with Crippen LogP contribution in [0.4, 0.5) is 0 Å². The van der Waals surface area contributed by atoms with Gasteiger partial charge >= 0.3 is 0 Å². The second kappa shape index (κ2) is 10.5. The summed E-state index contributed by atoms with van der Waals surface area (Å²) in [5.41, 5.74) is 2.53. The average molecular weight is 625 g/mol. The van der Waals surface area contributed by atoms with Gasteiger partial charge in [0.15, 0.2) is 23.1 Å². The molecule has 0 amide bonds. The lowest BCUT2D eigenvalue weighted by atomic mass is 10.0. The lowest BCUT2D eigenvalue weighted by Gasteiger charge is -2.15. The molecule has 5 nitrogen and oxygen atoms in total. The van der Waals surface area contributed by atoms with E-state index in [1.807, 2.05) is 91.0 Å². The summed E-state index contributed by atoms with van der Waals surface area (Å²) in [4.78, 5) is 14.7. The maximum absolute atomic E-state index is 9.34. The molecule has 0 saturated heterocycles. The lowest BCUT2D eigenvalue weighted by molar-refractivity contribution is 0.671. The van der Waals surface area contributed by atoms with Gasteiger partial charge in [0.1, 0.15) is 5.58 Å². The van der Waals surface area contributed by atoms with Gasteiger partial charge in [-0.2, -0.15) is 0 Å². The first-order valence-corrected chi connectivity index (χ1v) is 15.2. The first kappa shape index (κ1) is 18.5. The smallest absolute Gasteiger partial charge is 0.164 e. The molecule has 48 heavy (non-hydrogen) atoms. The van der Waals surface area contributed by atoms with E-state index in [9.17, 15) is 2.74 Å². The number of hydrogen-bond donors (Lipinski definition) is 0. The molecule has 10 aromatic rings. The zero-order chi connectivity index (χ0) is 40.3. The maximum atomic E-state index is 9.34. The molecular weight excluding hydrogens is 589 g/mol. The van der Waals surface area contributed by atoms with Gasteiger partial charge in [0.05, 0.1) is 30.4 Å². The van der Waals surface area contributed by atoms with E-state index < -0.39 is 54.4 Å². The third kappa shape index (κ3) is 4.01. The average Bonchev–Trinajstić information content (AvgIpc) is 3.83.